The van der Waals surface area contributed by atoms with E-state index in [0.29, 0.717) is 18.8 Å². The molecule has 2 aromatic rings. The molecule has 6 nitrogen and oxygen atoms in total. The van der Waals surface area contributed by atoms with E-state index >= 15 is 0 Å². The minimum Gasteiger partial charge on any atom is -0.395 e. The van der Waals surface area contributed by atoms with Crippen molar-refractivity contribution in [1.82, 2.24) is 19.8 Å². The van der Waals surface area contributed by atoms with Gasteiger partial charge in [-0.25, -0.2) is 4.98 Å². The molecule has 0 bridgehead atoms. The molecule has 1 N–H and O–H groups in total. The Bertz CT molecular complexity index is 750. The highest BCUT2D eigenvalue weighted by atomic mass is 16.3. The van der Waals surface area contributed by atoms with Crippen LogP contribution in [0.3, 0.4) is 0 Å². The number of para-hydroxylation sites is 2. The number of amides is 1. The Morgan fingerprint density at radius 1 is 1.24 bits per heavy atom. The van der Waals surface area contributed by atoms with Gasteiger partial charge >= 0.3 is 0 Å². The van der Waals surface area contributed by atoms with Crippen molar-refractivity contribution in [1.29, 1.82) is 0 Å². The second-order valence-electron chi connectivity index (χ2n) is 6.22. The summed E-state index contributed by atoms with van der Waals surface area (Å²) < 4.78 is 0. The largest absolute Gasteiger partial charge is 0.395 e. The maximum absolute atomic E-state index is 12.4. The highest BCUT2D eigenvalue weighted by molar-refractivity contribution is 5.91. The lowest BCUT2D eigenvalue weighted by atomic mass is 10.1. The average molecular weight is 340 g/mol. The molecule has 0 radical (unpaired) electrons. The summed E-state index contributed by atoms with van der Waals surface area (Å²) in [6, 6.07) is 7.86. The van der Waals surface area contributed by atoms with Crippen molar-refractivity contribution in [3.05, 3.63) is 42.2 Å². The lowest BCUT2D eigenvalue weighted by Crippen LogP contribution is -2.52. The van der Waals surface area contributed by atoms with Gasteiger partial charge in [-0.2, -0.15) is 0 Å². The molecule has 1 atom stereocenters. The van der Waals surface area contributed by atoms with Crippen LogP contribution in [0.25, 0.3) is 17.1 Å². The summed E-state index contributed by atoms with van der Waals surface area (Å²) in [6.45, 7) is 5.21. The highest BCUT2D eigenvalue weighted by Gasteiger charge is 2.23. The van der Waals surface area contributed by atoms with Crippen molar-refractivity contribution in [2.75, 3.05) is 32.8 Å². The zero-order valence-electron chi connectivity index (χ0n) is 14.5. The summed E-state index contributed by atoms with van der Waals surface area (Å²) in [5.41, 5.74) is 2.34. The summed E-state index contributed by atoms with van der Waals surface area (Å²) in [6.07, 6.45) is 5.89. The van der Waals surface area contributed by atoms with Crippen molar-refractivity contribution in [2.45, 2.75) is 19.4 Å². The fourth-order valence-electron chi connectivity index (χ4n) is 3.12. The number of hydrogen-bond acceptors (Lipinski definition) is 5. The number of hydrogen-bond donors (Lipinski definition) is 1. The third kappa shape index (κ3) is 4.21. The van der Waals surface area contributed by atoms with Crippen LogP contribution in [0.2, 0.25) is 0 Å². The fraction of sp³-hybridized carbons (Fsp3) is 0.421. The first-order valence-electron chi connectivity index (χ1n) is 8.75. The van der Waals surface area contributed by atoms with Gasteiger partial charge in [0.1, 0.15) is 0 Å². The van der Waals surface area contributed by atoms with Gasteiger partial charge in [0.25, 0.3) is 0 Å². The number of nitrogens with zero attached hydrogens (tertiary/aromatic N) is 4. The summed E-state index contributed by atoms with van der Waals surface area (Å²) in [5.74, 6) is -0.00773. The molecular formula is C19H24N4O2. The van der Waals surface area contributed by atoms with Gasteiger partial charge < -0.3 is 10.0 Å². The number of piperazine rings is 1. The van der Waals surface area contributed by atoms with E-state index in [9.17, 15) is 9.90 Å². The Kier molecular flexibility index (Phi) is 5.73. The first-order valence-corrected chi connectivity index (χ1v) is 8.75. The Hall–Kier alpha value is -2.31. The zero-order chi connectivity index (χ0) is 17.6. The number of carbonyl (C=O) groups is 1. The van der Waals surface area contributed by atoms with E-state index in [1.807, 2.05) is 29.2 Å². The SMILES string of the molecule is CCC(CO)N1CCN(C(=O)/C=C/c2cnc3ccccc3n2)CC1. The summed E-state index contributed by atoms with van der Waals surface area (Å²) in [4.78, 5) is 25.3. The minimum absolute atomic E-state index is 0.00773. The van der Waals surface area contributed by atoms with E-state index in [2.05, 4.69) is 21.8 Å². The lowest BCUT2D eigenvalue weighted by Gasteiger charge is -2.38. The first-order chi connectivity index (χ1) is 12.2. The number of benzene rings is 1. The summed E-state index contributed by atoms with van der Waals surface area (Å²) >= 11 is 0. The Morgan fingerprint density at radius 3 is 2.64 bits per heavy atom. The molecule has 3 rings (SSSR count). The Labute approximate surface area is 147 Å². The Balaban J connectivity index is 1.59. The molecule has 1 saturated heterocycles. The lowest BCUT2D eigenvalue weighted by molar-refractivity contribution is -0.128. The molecule has 0 aliphatic carbocycles. The molecular weight excluding hydrogens is 316 g/mol. The average Bonchev–Trinajstić information content (AvgIpc) is 2.67. The molecule has 1 aromatic heterocycles. The van der Waals surface area contributed by atoms with Crippen LogP contribution in [0.1, 0.15) is 19.0 Å². The van der Waals surface area contributed by atoms with Crippen LogP contribution < -0.4 is 0 Å². The van der Waals surface area contributed by atoms with Crippen LogP contribution in [0, 0.1) is 0 Å². The quantitative estimate of drug-likeness (QED) is 0.837. The van der Waals surface area contributed by atoms with Gasteiger partial charge in [0, 0.05) is 38.3 Å². The molecule has 0 saturated carbocycles. The Morgan fingerprint density at radius 2 is 1.96 bits per heavy atom. The van der Waals surface area contributed by atoms with E-state index in [0.717, 1.165) is 30.5 Å². The van der Waals surface area contributed by atoms with E-state index in [-0.39, 0.29) is 18.6 Å². The predicted octanol–water partition coefficient (Wildman–Crippen LogP) is 1.56. The van der Waals surface area contributed by atoms with Crippen LogP contribution in [0.5, 0.6) is 0 Å². The van der Waals surface area contributed by atoms with Crippen molar-refractivity contribution >= 4 is 23.0 Å². The van der Waals surface area contributed by atoms with Gasteiger partial charge in [0.2, 0.25) is 5.91 Å². The van der Waals surface area contributed by atoms with Crippen molar-refractivity contribution in [2.24, 2.45) is 0 Å². The molecule has 1 aliphatic heterocycles. The molecule has 2 heterocycles. The number of aliphatic hydroxyl groups excluding tert-OH is 1. The maximum Gasteiger partial charge on any atom is 0.246 e. The number of aromatic nitrogens is 2. The van der Waals surface area contributed by atoms with Gasteiger partial charge in [-0.15, -0.1) is 0 Å². The van der Waals surface area contributed by atoms with E-state index in [4.69, 9.17) is 0 Å². The second kappa shape index (κ2) is 8.18. The predicted molar refractivity (Wildman–Crippen MR) is 97.9 cm³/mol. The number of rotatable bonds is 5. The smallest absolute Gasteiger partial charge is 0.246 e. The first kappa shape index (κ1) is 17.5. The minimum atomic E-state index is -0.00773. The molecule has 132 valence electrons. The molecule has 1 fully saturated rings. The third-order valence-electron chi connectivity index (χ3n) is 4.69. The van der Waals surface area contributed by atoms with E-state index < -0.39 is 0 Å². The monoisotopic (exact) mass is 340 g/mol. The zero-order valence-corrected chi connectivity index (χ0v) is 14.5. The molecule has 1 aromatic carbocycles. The van der Waals surface area contributed by atoms with Gasteiger partial charge in [-0.3, -0.25) is 14.7 Å². The number of carbonyl (C=O) groups excluding carboxylic acids is 1. The van der Waals surface area contributed by atoms with Crippen LogP contribution in [0.15, 0.2) is 36.5 Å². The molecule has 0 spiro atoms. The van der Waals surface area contributed by atoms with Gasteiger partial charge in [0.15, 0.2) is 0 Å². The normalized spacial score (nSPS) is 17.3. The molecule has 6 heteroatoms. The van der Waals surface area contributed by atoms with Crippen LogP contribution in [0.4, 0.5) is 0 Å². The van der Waals surface area contributed by atoms with E-state index in [1.54, 1.807) is 18.3 Å². The number of fused-ring (bicyclic) bond motifs is 1. The summed E-state index contributed by atoms with van der Waals surface area (Å²) in [5, 5.41) is 9.39. The van der Waals surface area contributed by atoms with E-state index in [1.165, 1.54) is 0 Å². The standard InChI is InChI=1S/C19H24N4O2/c1-2-16(14-24)22-9-11-23(12-10-22)19(25)8-7-15-13-20-17-5-3-4-6-18(17)21-15/h3-8,13,16,24H,2,9-12,14H2,1H3/b8-7+. The summed E-state index contributed by atoms with van der Waals surface area (Å²) in [7, 11) is 0. The van der Waals surface area contributed by atoms with Crippen LogP contribution >= 0.6 is 0 Å². The fourth-order valence-corrected chi connectivity index (χ4v) is 3.12. The highest BCUT2D eigenvalue weighted by Crippen LogP contribution is 2.11. The maximum atomic E-state index is 12.4. The topological polar surface area (TPSA) is 69.6 Å². The number of aliphatic hydroxyl groups is 1. The van der Waals surface area contributed by atoms with Crippen molar-refractivity contribution in [3.63, 3.8) is 0 Å². The van der Waals surface area contributed by atoms with Crippen molar-refractivity contribution < 1.29 is 9.90 Å². The molecule has 1 aliphatic rings. The van der Waals surface area contributed by atoms with Crippen molar-refractivity contribution in [3.8, 4) is 0 Å². The van der Waals surface area contributed by atoms with Crippen LogP contribution in [-0.2, 0) is 4.79 Å². The third-order valence-corrected chi connectivity index (χ3v) is 4.69. The molecule has 25 heavy (non-hydrogen) atoms. The van der Waals surface area contributed by atoms with Gasteiger partial charge in [-0.1, -0.05) is 19.1 Å². The van der Waals surface area contributed by atoms with Gasteiger partial charge in [-0.05, 0) is 24.6 Å². The van der Waals surface area contributed by atoms with Gasteiger partial charge in [0.05, 0.1) is 29.5 Å². The molecule has 1 unspecified atom stereocenters. The molecule has 1 amide bonds. The van der Waals surface area contributed by atoms with Crippen LogP contribution in [-0.4, -0.2) is 69.6 Å². The second-order valence-corrected chi connectivity index (χ2v) is 6.22.